The highest BCUT2D eigenvalue weighted by Gasteiger charge is 2.12. The molecule has 0 aliphatic rings. The van der Waals surface area contributed by atoms with Gasteiger partial charge in [0.25, 0.3) is 0 Å². The number of carbonyl (C=O) groups is 1. The van der Waals surface area contributed by atoms with Gasteiger partial charge in [0.1, 0.15) is 0 Å². The lowest BCUT2D eigenvalue weighted by Gasteiger charge is -2.17. The zero-order chi connectivity index (χ0) is 18.0. The molecule has 0 atom stereocenters. The van der Waals surface area contributed by atoms with Crippen LogP contribution in [0.25, 0.3) is 0 Å². The van der Waals surface area contributed by atoms with Gasteiger partial charge in [-0.1, -0.05) is 97.5 Å². The Morgan fingerprint density at radius 3 is 1.62 bits per heavy atom. The summed E-state index contributed by atoms with van der Waals surface area (Å²) < 4.78 is 5.42. The molecule has 0 saturated carbocycles. The molecule has 0 aromatic heterocycles. The van der Waals surface area contributed by atoms with E-state index in [4.69, 9.17) is 4.74 Å². The van der Waals surface area contributed by atoms with E-state index >= 15 is 0 Å². The first-order valence-electron chi connectivity index (χ1n) is 10.4. The summed E-state index contributed by atoms with van der Waals surface area (Å²) in [6.45, 7) is 10.5. The van der Waals surface area contributed by atoms with Crippen molar-refractivity contribution in [2.24, 2.45) is 5.92 Å². The molecule has 0 aromatic carbocycles. The Kier molecular flexibility index (Phi) is 16.5. The number of rotatable bonds is 17. The van der Waals surface area contributed by atoms with E-state index in [1.165, 1.54) is 89.9 Å². The first-order chi connectivity index (χ1) is 11.6. The summed E-state index contributed by atoms with van der Waals surface area (Å²) in [5.74, 6) is 0.302. The van der Waals surface area contributed by atoms with Crippen LogP contribution >= 0.6 is 0 Å². The smallest absolute Gasteiger partial charge is 0.333 e. The summed E-state index contributed by atoms with van der Waals surface area (Å²) in [5, 5.41) is 0. The predicted molar refractivity (Wildman–Crippen MR) is 105 cm³/mol. The van der Waals surface area contributed by atoms with Gasteiger partial charge in [-0.05, 0) is 25.7 Å². The van der Waals surface area contributed by atoms with E-state index in [1.807, 2.05) is 0 Å². The fourth-order valence-corrected chi connectivity index (χ4v) is 3.05. The second kappa shape index (κ2) is 17.0. The van der Waals surface area contributed by atoms with Gasteiger partial charge in [0.15, 0.2) is 0 Å². The number of hydrogen-bond donors (Lipinski definition) is 0. The van der Waals surface area contributed by atoms with Crippen molar-refractivity contribution in [2.75, 3.05) is 6.61 Å². The van der Waals surface area contributed by atoms with Crippen LogP contribution in [0.1, 0.15) is 111 Å². The van der Waals surface area contributed by atoms with Gasteiger partial charge in [-0.15, -0.1) is 0 Å². The van der Waals surface area contributed by atoms with E-state index < -0.39 is 0 Å². The summed E-state index contributed by atoms with van der Waals surface area (Å²) in [7, 11) is 0. The minimum atomic E-state index is -0.231. The molecule has 0 aromatic rings. The number of hydrogen-bond acceptors (Lipinski definition) is 2. The normalized spacial score (nSPS) is 11.0. The Bertz CT molecular complexity index is 293. The molecule has 0 saturated heterocycles. The molecule has 0 bridgehead atoms. The van der Waals surface area contributed by atoms with Gasteiger partial charge in [-0.25, -0.2) is 4.79 Å². The molecule has 0 heterocycles. The zero-order valence-electron chi connectivity index (χ0n) is 16.7. The van der Waals surface area contributed by atoms with Crippen molar-refractivity contribution < 1.29 is 9.53 Å². The highest BCUT2D eigenvalue weighted by molar-refractivity contribution is 5.86. The lowest BCUT2D eigenvalue weighted by atomic mass is 9.94. The number of esters is 1. The first-order valence-corrected chi connectivity index (χ1v) is 10.4. The van der Waals surface area contributed by atoms with E-state index in [9.17, 15) is 4.79 Å². The van der Waals surface area contributed by atoms with Crippen molar-refractivity contribution in [3.8, 4) is 0 Å². The zero-order valence-corrected chi connectivity index (χ0v) is 16.7. The van der Waals surface area contributed by atoms with Crippen LogP contribution in [0.2, 0.25) is 0 Å². The molecule has 2 nitrogen and oxygen atoms in total. The van der Waals surface area contributed by atoms with Crippen molar-refractivity contribution in [1.82, 2.24) is 0 Å². The minimum absolute atomic E-state index is 0.231. The van der Waals surface area contributed by atoms with Crippen molar-refractivity contribution >= 4 is 5.97 Å². The van der Waals surface area contributed by atoms with Crippen LogP contribution < -0.4 is 0 Å². The van der Waals surface area contributed by atoms with Crippen LogP contribution in [0.3, 0.4) is 0 Å². The summed E-state index contributed by atoms with van der Waals surface area (Å²) in [4.78, 5) is 11.6. The van der Waals surface area contributed by atoms with E-state index in [2.05, 4.69) is 20.4 Å². The van der Waals surface area contributed by atoms with Crippen LogP contribution in [0.15, 0.2) is 12.2 Å². The quantitative estimate of drug-likeness (QED) is 0.159. The maximum atomic E-state index is 11.6. The molecule has 0 N–H and O–H groups in total. The first kappa shape index (κ1) is 23.2. The Labute approximate surface area is 151 Å². The molecule has 0 aliphatic heterocycles. The fourth-order valence-electron chi connectivity index (χ4n) is 3.05. The average molecular weight is 339 g/mol. The van der Waals surface area contributed by atoms with Crippen LogP contribution in [-0.2, 0) is 9.53 Å². The lowest BCUT2D eigenvalue weighted by Crippen LogP contribution is -2.15. The third-order valence-corrected chi connectivity index (χ3v) is 4.73. The highest BCUT2D eigenvalue weighted by Crippen LogP contribution is 2.20. The molecule has 0 spiro atoms. The van der Waals surface area contributed by atoms with E-state index in [1.54, 1.807) is 6.92 Å². The fraction of sp³-hybridized carbons (Fsp3) is 0.864. The van der Waals surface area contributed by atoms with Crippen molar-refractivity contribution in [1.29, 1.82) is 0 Å². The molecule has 0 fully saturated rings. The number of unbranched alkanes of at least 4 members (excludes halogenated alkanes) is 10. The third kappa shape index (κ3) is 14.8. The summed E-state index contributed by atoms with van der Waals surface area (Å²) in [6.07, 6.45) is 18.3. The Morgan fingerprint density at radius 2 is 1.21 bits per heavy atom. The molecule has 0 unspecified atom stereocenters. The second-order valence-corrected chi connectivity index (χ2v) is 7.36. The summed E-state index contributed by atoms with van der Waals surface area (Å²) in [5.41, 5.74) is 0.507. The number of carbonyl (C=O) groups excluding carboxylic acids is 1. The van der Waals surface area contributed by atoms with Gasteiger partial charge in [0, 0.05) is 5.57 Å². The summed E-state index contributed by atoms with van der Waals surface area (Å²) in [6, 6.07) is 0. The molecule has 0 amide bonds. The monoisotopic (exact) mass is 338 g/mol. The van der Waals surface area contributed by atoms with Crippen LogP contribution in [0.4, 0.5) is 0 Å². The van der Waals surface area contributed by atoms with Gasteiger partial charge in [0.05, 0.1) is 6.61 Å². The maximum Gasteiger partial charge on any atom is 0.333 e. The molecule has 24 heavy (non-hydrogen) atoms. The minimum Gasteiger partial charge on any atom is -0.462 e. The Morgan fingerprint density at radius 1 is 0.792 bits per heavy atom. The van der Waals surface area contributed by atoms with Gasteiger partial charge < -0.3 is 4.74 Å². The molecule has 0 radical (unpaired) electrons. The van der Waals surface area contributed by atoms with Gasteiger partial charge in [-0.3, -0.25) is 0 Å². The Balaban J connectivity index is 3.95. The third-order valence-electron chi connectivity index (χ3n) is 4.73. The van der Waals surface area contributed by atoms with Crippen LogP contribution in [0.5, 0.6) is 0 Å². The molecular weight excluding hydrogens is 296 g/mol. The van der Waals surface area contributed by atoms with Gasteiger partial charge in [0.2, 0.25) is 0 Å². The van der Waals surface area contributed by atoms with Crippen molar-refractivity contribution in [2.45, 2.75) is 111 Å². The molecule has 2 heteroatoms. The largest absolute Gasteiger partial charge is 0.462 e. The highest BCUT2D eigenvalue weighted by atomic mass is 16.5. The van der Waals surface area contributed by atoms with Crippen molar-refractivity contribution in [3.05, 3.63) is 12.2 Å². The van der Waals surface area contributed by atoms with Crippen LogP contribution in [0, 0.1) is 5.92 Å². The average Bonchev–Trinajstić information content (AvgIpc) is 2.57. The topological polar surface area (TPSA) is 26.3 Å². The molecular formula is C22H42O2. The second-order valence-electron chi connectivity index (χ2n) is 7.36. The summed E-state index contributed by atoms with van der Waals surface area (Å²) >= 11 is 0. The van der Waals surface area contributed by atoms with Gasteiger partial charge in [-0.2, -0.15) is 0 Å². The molecule has 0 rings (SSSR count). The molecule has 0 aliphatic carbocycles. The number of ether oxygens (including phenoxy) is 1. The Hall–Kier alpha value is -0.790. The van der Waals surface area contributed by atoms with Crippen LogP contribution in [-0.4, -0.2) is 12.6 Å². The van der Waals surface area contributed by atoms with E-state index in [-0.39, 0.29) is 5.97 Å². The van der Waals surface area contributed by atoms with E-state index in [0.29, 0.717) is 18.1 Å². The molecule has 142 valence electrons. The maximum absolute atomic E-state index is 11.6. The standard InChI is InChI=1S/C22H42O2/c1-5-7-9-11-13-15-17-21(19-24-22(23)20(3)4)18-16-14-12-10-8-6-2/h21H,3,5-19H2,1-2,4H3. The van der Waals surface area contributed by atoms with Crippen molar-refractivity contribution in [3.63, 3.8) is 0 Å². The van der Waals surface area contributed by atoms with Gasteiger partial charge >= 0.3 is 5.97 Å². The van der Waals surface area contributed by atoms with E-state index in [0.717, 1.165) is 0 Å². The lowest BCUT2D eigenvalue weighted by molar-refractivity contribution is -0.140. The predicted octanol–water partition coefficient (Wildman–Crippen LogP) is 7.22. The SMILES string of the molecule is C=C(C)C(=O)OCC(CCCCCCCC)CCCCCCCC.